The first-order valence-electron chi connectivity index (χ1n) is 6.36. The molecule has 0 aromatic carbocycles. The van der Waals surface area contributed by atoms with E-state index in [2.05, 4.69) is 11.9 Å². The van der Waals surface area contributed by atoms with Gasteiger partial charge in [0.05, 0.1) is 6.04 Å². The van der Waals surface area contributed by atoms with Gasteiger partial charge in [-0.25, -0.2) is 9.59 Å². The molecule has 3 atom stereocenters. The molecule has 18 heavy (non-hydrogen) atoms. The van der Waals surface area contributed by atoms with E-state index in [0.29, 0.717) is 12.5 Å². The van der Waals surface area contributed by atoms with Crippen molar-refractivity contribution >= 4 is 12.0 Å². The normalized spacial score (nSPS) is 31.2. The van der Waals surface area contributed by atoms with Crippen molar-refractivity contribution in [2.24, 2.45) is 5.92 Å². The highest BCUT2D eigenvalue weighted by Crippen LogP contribution is 2.28. The average molecular weight is 255 g/mol. The van der Waals surface area contributed by atoms with E-state index in [4.69, 9.17) is 5.11 Å². The molecule has 102 valence electrons. The first-order chi connectivity index (χ1) is 8.41. The average Bonchev–Trinajstić information content (AvgIpc) is 2.85. The maximum absolute atomic E-state index is 12.1. The number of aliphatic carboxylic acids is 1. The van der Waals surface area contributed by atoms with Gasteiger partial charge in [-0.05, 0) is 32.9 Å². The summed E-state index contributed by atoms with van der Waals surface area (Å²) in [5, 5.41) is 9.02. The molecule has 0 bridgehead atoms. The number of amides is 2. The summed E-state index contributed by atoms with van der Waals surface area (Å²) in [6.45, 7) is 4.13. The van der Waals surface area contributed by atoms with Crippen molar-refractivity contribution in [1.29, 1.82) is 0 Å². The van der Waals surface area contributed by atoms with Crippen LogP contribution in [0.3, 0.4) is 0 Å². The SMILES string of the molecule is CC(C(=O)O)N1CC(C2CCN(C)C2)N(C)C1=O. The van der Waals surface area contributed by atoms with Gasteiger partial charge in [-0.1, -0.05) is 0 Å². The third kappa shape index (κ3) is 2.16. The van der Waals surface area contributed by atoms with E-state index in [0.717, 1.165) is 19.5 Å². The zero-order chi connectivity index (χ0) is 13.4. The fraction of sp³-hybridized carbons (Fsp3) is 0.833. The summed E-state index contributed by atoms with van der Waals surface area (Å²) in [4.78, 5) is 28.5. The molecule has 2 saturated heterocycles. The Balaban J connectivity index is 2.07. The number of likely N-dealkylation sites (N-methyl/N-ethyl adjacent to an activating group) is 1. The number of hydrogen-bond donors (Lipinski definition) is 1. The zero-order valence-electron chi connectivity index (χ0n) is 11.2. The molecule has 6 nitrogen and oxygen atoms in total. The lowest BCUT2D eigenvalue weighted by molar-refractivity contribution is -0.141. The second kappa shape index (κ2) is 4.76. The van der Waals surface area contributed by atoms with Crippen molar-refractivity contribution in [3.63, 3.8) is 0 Å². The van der Waals surface area contributed by atoms with Gasteiger partial charge >= 0.3 is 12.0 Å². The van der Waals surface area contributed by atoms with Gasteiger partial charge in [-0.15, -0.1) is 0 Å². The van der Waals surface area contributed by atoms with Crippen LogP contribution in [0.15, 0.2) is 0 Å². The van der Waals surface area contributed by atoms with Crippen LogP contribution in [0.1, 0.15) is 13.3 Å². The van der Waals surface area contributed by atoms with Crippen LogP contribution < -0.4 is 0 Å². The number of carboxylic acids is 1. The molecule has 2 aliphatic heterocycles. The molecule has 2 fully saturated rings. The van der Waals surface area contributed by atoms with Crippen LogP contribution in [0.4, 0.5) is 4.79 Å². The van der Waals surface area contributed by atoms with E-state index in [1.165, 1.54) is 4.90 Å². The number of carbonyl (C=O) groups excluding carboxylic acids is 1. The molecule has 6 heteroatoms. The summed E-state index contributed by atoms with van der Waals surface area (Å²) in [5.41, 5.74) is 0. The van der Waals surface area contributed by atoms with Crippen LogP contribution in [0.2, 0.25) is 0 Å². The van der Waals surface area contributed by atoms with Crippen molar-refractivity contribution < 1.29 is 14.7 Å². The standard InChI is InChI=1S/C12H21N3O3/c1-8(11(16)17)15-7-10(14(3)12(15)18)9-4-5-13(2)6-9/h8-10H,4-7H2,1-3H3,(H,16,17). The van der Waals surface area contributed by atoms with Gasteiger partial charge in [0.2, 0.25) is 0 Å². The lowest BCUT2D eigenvalue weighted by Gasteiger charge is -2.23. The van der Waals surface area contributed by atoms with Gasteiger partial charge in [-0.3, -0.25) is 0 Å². The second-order valence-corrected chi connectivity index (χ2v) is 5.44. The summed E-state index contributed by atoms with van der Waals surface area (Å²) in [7, 11) is 3.86. The van der Waals surface area contributed by atoms with Crippen LogP contribution in [-0.4, -0.2) is 77.6 Å². The van der Waals surface area contributed by atoms with Crippen LogP contribution >= 0.6 is 0 Å². The van der Waals surface area contributed by atoms with Crippen LogP contribution in [0, 0.1) is 5.92 Å². The number of carboxylic acid groups (broad SMARTS) is 1. The van der Waals surface area contributed by atoms with Crippen molar-refractivity contribution in [1.82, 2.24) is 14.7 Å². The summed E-state index contributed by atoms with van der Waals surface area (Å²) in [6.07, 6.45) is 1.08. The highest BCUT2D eigenvalue weighted by molar-refractivity contribution is 5.84. The lowest BCUT2D eigenvalue weighted by Crippen LogP contribution is -2.41. The predicted octanol–water partition coefficient (Wildman–Crippen LogP) is 0.147. The molecule has 0 saturated carbocycles. The molecule has 1 N–H and O–H groups in total. The first kappa shape index (κ1) is 13.1. The van der Waals surface area contributed by atoms with Crippen LogP contribution in [-0.2, 0) is 4.79 Å². The number of urea groups is 1. The predicted molar refractivity (Wildman–Crippen MR) is 66.4 cm³/mol. The Bertz CT molecular complexity index is 360. The van der Waals surface area contributed by atoms with Gasteiger partial charge in [0.1, 0.15) is 6.04 Å². The number of likely N-dealkylation sites (tertiary alicyclic amines) is 1. The maximum atomic E-state index is 12.1. The molecule has 2 heterocycles. The van der Waals surface area contributed by atoms with E-state index in [1.54, 1.807) is 18.9 Å². The second-order valence-electron chi connectivity index (χ2n) is 5.44. The van der Waals surface area contributed by atoms with Crippen molar-refractivity contribution in [2.75, 3.05) is 33.7 Å². The van der Waals surface area contributed by atoms with E-state index in [9.17, 15) is 9.59 Å². The van der Waals surface area contributed by atoms with Gasteiger partial charge < -0.3 is 19.8 Å². The fourth-order valence-corrected chi connectivity index (χ4v) is 2.95. The number of hydrogen-bond acceptors (Lipinski definition) is 3. The topological polar surface area (TPSA) is 64.1 Å². The van der Waals surface area contributed by atoms with E-state index in [-0.39, 0.29) is 12.1 Å². The molecular formula is C12H21N3O3. The molecule has 0 aromatic heterocycles. The Morgan fingerprint density at radius 1 is 1.39 bits per heavy atom. The third-order valence-electron chi connectivity index (χ3n) is 4.23. The smallest absolute Gasteiger partial charge is 0.326 e. The van der Waals surface area contributed by atoms with Gasteiger partial charge in [0.25, 0.3) is 0 Å². The van der Waals surface area contributed by atoms with Crippen molar-refractivity contribution in [3.8, 4) is 0 Å². The maximum Gasteiger partial charge on any atom is 0.326 e. The first-order valence-corrected chi connectivity index (χ1v) is 6.36. The summed E-state index contributed by atoms with van der Waals surface area (Å²) >= 11 is 0. The molecule has 0 aromatic rings. The molecule has 2 amide bonds. The minimum Gasteiger partial charge on any atom is -0.480 e. The highest BCUT2D eigenvalue weighted by Gasteiger charge is 2.43. The monoisotopic (exact) mass is 255 g/mol. The lowest BCUT2D eigenvalue weighted by atomic mass is 9.98. The van der Waals surface area contributed by atoms with Gasteiger partial charge in [0.15, 0.2) is 0 Å². The van der Waals surface area contributed by atoms with Gasteiger partial charge in [0, 0.05) is 20.1 Å². The summed E-state index contributed by atoms with van der Waals surface area (Å²) in [5.74, 6) is -0.490. The van der Waals surface area contributed by atoms with Crippen LogP contribution in [0.5, 0.6) is 0 Å². The molecule has 0 aliphatic carbocycles. The fourth-order valence-electron chi connectivity index (χ4n) is 2.95. The Kier molecular flexibility index (Phi) is 3.47. The highest BCUT2D eigenvalue weighted by atomic mass is 16.4. The minimum absolute atomic E-state index is 0.143. The zero-order valence-corrected chi connectivity index (χ0v) is 11.2. The molecule has 2 rings (SSSR count). The van der Waals surface area contributed by atoms with Crippen molar-refractivity contribution in [3.05, 3.63) is 0 Å². The third-order valence-corrected chi connectivity index (χ3v) is 4.23. The molecule has 0 radical (unpaired) electrons. The molecular weight excluding hydrogens is 234 g/mol. The van der Waals surface area contributed by atoms with Crippen molar-refractivity contribution in [2.45, 2.75) is 25.4 Å². The van der Waals surface area contributed by atoms with E-state index >= 15 is 0 Å². The number of nitrogens with zero attached hydrogens (tertiary/aromatic N) is 3. The summed E-state index contributed by atoms with van der Waals surface area (Å²) < 4.78 is 0. The molecule has 3 unspecified atom stereocenters. The number of rotatable bonds is 3. The Labute approximate surface area is 107 Å². The number of carbonyl (C=O) groups is 2. The Hall–Kier alpha value is -1.30. The van der Waals surface area contributed by atoms with E-state index in [1.807, 2.05) is 0 Å². The minimum atomic E-state index is -0.944. The quantitative estimate of drug-likeness (QED) is 0.779. The largest absolute Gasteiger partial charge is 0.480 e. The molecule has 2 aliphatic rings. The Morgan fingerprint density at radius 2 is 2.06 bits per heavy atom. The summed E-state index contributed by atoms with van der Waals surface area (Å²) in [6, 6.07) is -0.766. The van der Waals surface area contributed by atoms with E-state index < -0.39 is 12.0 Å². The molecule has 0 spiro atoms. The van der Waals surface area contributed by atoms with Gasteiger partial charge in [-0.2, -0.15) is 0 Å². The Morgan fingerprint density at radius 3 is 2.56 bits per heavy atom. The van der Waals surface area contributed by atoms with Crippen LogP contribution in [0.25, 0.3) is 0 Å².